The zero-order valence-corrected chi connectivity index (χ0v) is 15.4. The van der Waals surface area contributed by atoms with Crippen molar-refractivity contribution in [2.24, 2.45) is 5.92 Å². The molecule has 0 unspecified atom stereocenters. The molecule has 0 saturated carbocycles. The lowest BCUT2D eigenvalue weighted by Crippen LogP contribution is -2.50. The summed E-state index contributed by atoms with van der Waals surface area (Å²) in [6.07, 6.45) is 0.941. The monoisotopic (exact) mass is 385 g/mol. The van der Waals surface area contributed by atoms with Crippen LogP contribution in [0.15, 0.2) is 41.2 Å². The number of halogens is 1. The lowest BCUT2D eigenvalue weighted by Gasteiger charge is -2.42. The van der Waals surface area contributed by atoms with Crippen molar-refractivity contribution in [1.82, 2.24) is 9.47 Å². The van der Waals surface area contributed by atoms with Gasteiger partial charge in [0.25, 0.3) is 5.56 Å². The zero-order valence-electron chi connectivity index (χ0n) is 15.4. The van der Waals surface area contributed by atoms with E-state index in [2.05, 4.69) is 10.1 Å². The minimum absolute atomic E-state index is 0.00764. The van der Waals surface area contributed by atoms with Crippen molar-refractivity contribution >= 4 is 17.7 Å². The average Bonchev–Trinajstić information content (AvgIpc) is 2.69. The van der Waals surface area contributed by atoms with Crippen LogP contribution in [0.2, 0.25) is 0 Å². The number of esters is 1. The molecule has 1 fully saturated rings. The third-order valence-electron chi connectivity index (χ3n) is 5.39. The molecular weight excluding hydrogens is 365 g/mol. The van der Waals surface area contributed by atoms with Crippen LogP contribution in [0, 0.1) is 11.7 Å². The second-order valence-electron chi connectivity index (χ2n) is 7.22. The summed E-state index contributed by atoms with van der Waals surface area (Å²) >= 11 is 0. The van der Waals surface area contributed by atoms with Gasteiger partial charge in [0.05, 0.1) is 12.7 Å². The summed E-state index contributed by atoms with van der Waals surface area (Å²) in [6.45, 7) is 1.63. The van der Waals surface area contributed by atoms with Crippen molar-refractivity contribution in [1.29, 1.82) is 0 Å². The molecule has 1 aromatic carbocycles. The molecule has 0 spiro atoms. The molecule has 1 N–H and O–H groups in total. The highest BCUT2D eigenvalue weighted by Crippen LogP contribution is 2.35. The van der Waals surface area contributed by atoms with Crippen LogP contribution in [0.25, 0.3) is 0 Å². The average molecular weight is 385 g/mol. The molecule has 3 heterocycles. The molecule has 2 aliphatic rings. The van der Waals surface area contributed by atoms with Crippen LogP contribution >= 0.6 is 0 Å². The number of likely N-dealkylation sites (tertiary alicyclic amines) is 1. The number of nitrogens with one attached hydrogen (secondary N) is 1. The normalized spacial score (nSPS) is 20.3. The first-order valence-corrected chi connectivity index (χ1v) is 9.10. The van der Waals surface area contributed by atoms with Crippen LogP contribution in [0.1, 0.15) is 28.4 Å². The predicted molar refractivity (Wildman–Crippen MR) is 99.9 cm³/mol. The van der Waals surface area contributed by atoms with E-state index in [0.29, 0.717) is 25.3 Å². The van der Waals surface area contributed by atoms with Gasteiger partial charge in [-0.3, -0.25) is 4.79 Å². The quantitative estimate of drug-likeness (QED) is 0.805. The molecule has 2 bridgehead atoms. The highest BCUT2D eigenvalue weighted by atomic mass is 19.1. The minimum atomic E-state index is -0.803. The Morgan fingerprint density at radius 2 is 2.00 bits per heavy atom. The number of nitrogens with zero attached hydrogens (tertiary/aromatic N) is 2. The summed E-state index contributed by atoms with van der Waals surface area (Å²) in [6, 6.07) is 8.71. The number of urea groups is 1. The summed E-state index contributed by atoms with van der Waals surface area (Å²) < 4.78 is 20.1. The zero-order chi connectivity index (χ0) is 19.8. The first kappa shape index (κ1) is 18.2. The molecule has 146 valence electrons. The number of rotatable bonds is 2. The molecule has 0 radical (unpaired) electrons. The second-order valence-corrected chi connectivity index (χ2v) is 7.22. The number of hydrogen-bond donors (Lipinski definition) is 1. The van der Waals surface area contributed by atoms with E-state index in [1.54, 1.807) is 21.6 Å². The summed E-state index contributed by atoms with van der Waals surface area (Å²) in [7, 11) is 1.17. The van der Waals surface area contributed by atoms with Gasteiger partial charge in [0, 0.05) is 43.0 Å². The Morgan fingerprint density at radius 1 is 1.18 bits per heavy atom. The molecule has 2 amide bonds. The van der Waals surface area contributed by atoms with E-state index < -0.39 is 11.8 Å². The van der Waals surface area contributed by atoms with Gasteiger partial charge in [-0.25, -0.2) is 14.0 Å². The van der Waals surface area contributed by atoms with Gasteiger partial charge in [-0.05, 0) is 36.6 Å². The fourth-order valence-corrected chi connectivity index (χ4v) is 4.13. The maximum absolute atomic E-state index is 13.8. The van der Waals surface area contributed by atoms with Gasteiger partial charge in [-0.15, -0.1) is 0 Å². The van der Waals surface area contributed by atoms with Crippen molar-refractivity contribution < 1.29 is 18.7 Å². The topological polar surface area (TPSA) is 80.6 Å². The fourth-order valence-electron chi connectivity index (χ4n) is 4.13. The van der Waals surface area contributed by atoms with Crippen LogP contribution in [0.4, 0.5) is 14.9 Å². The second kappa shape index (κ2) is 7.10. The number of aromatic nitrogens is 1. The van der Waals surface area contributed by atoms with Gasteiger partial charge in [0.15, 0.2) is 0 Å². The molecule has 28 heavy (non-hydrogen) atoms. The molecule has 7 nitrogen and oxygen atoms in total. The van der Waals surface area contributed by atoms with E-state index in [9.17, 15) is 18.8 Å². The molecule has 1 saturated heterocycles. The number of benzene rings is 1. The Hall–Kier alpha value is -3.16. The minimum Gasteiger partial charge on any atom is -0.465 e. The number of ether oxygens (including phenoxy) is 1. The Morgan fingerprint density at radius 3 is 2.79 bits per heavy atom. The molecule has 2 atom stereocenters. The first-order valence-electron chi connectivity index (χ1n) is 9.10. The fraction of sp³-hybridized carbons (Fsp3) is 0.350. The standard InChI is InChI=1S/C20H20FN3O4/c1-28-19(26)15-8-14(5-6-16(15)21)22-20(27)23-9-12-7-13(11-23)17-3-2-4-18(25)24(17)10-12/h2-6,8,12-13H,7,9-11H2,1H3,(H,22,27)/t12-,13-/m0/s1. The number of hydrogen-bond acceptors (Lipinski definition) is 4. The van der Waals surface area contributed by atoms with Crippen LogP contribution in [-0.2, 0) is 11.3 Å². The van der Waals surface area contributed by atoms with Crippen LogP contribution in [-0.4, -0.2) is 41.7 Å². The molecule has 4 rings (SSSR count). The number of carbonyl (C=O) groups excluding carboxylic acids is 2. The van der Waals surface area contributed by atoms with Gasteiger partial charge < -0.3 is 19.5 Å². The number of fused-ring (bicyclic) bond motifs is 4. The Labute approximate surface area is 160 Å². The van der Waals surface area contributed by atoms with Crippen LogP contribution in [0.3, 0.4) is 0 Å². The molecule has 2 aliphatic heterocycles. The molecule has 0 aliphatic carbocycles. The van der Waals surface area contributed by atoms with Crippen molar-refractivity contribution in [3.8, 4) is 0 Å². The summed E-state index contributed by atoms with van der Waals surface area (Å²) in [5.41, 5.74) is 1.03. The summed E-state index contributed by atoms with van der Waals surface area (Å²) in [5.74, 6) is -1.20. The number of carbonyl (C=O) groups is 2. The Balaban J connectivity index is 1.51. The number of anilines is 1. The van der Waals surface area contributed by atoms with Gasteiger partial charge in [0.1, 0.15) is 5.82 Å². The number of amides is 2. The van der Waals surface area contributed by atoms with E-state index in [1.807, 2.05) is 6.07 Å². The van der Waals surface area contributed by atoms with E-state index in [1.165, 1.54) is 19.2 Å². The van der Waals surface area contributed by atoms with E-state index in [4.69, 9.17) is 0 Å². The third kappa shape index (κ3) is 3.26. The maximum Gasteiger partial charge on any atom is 0.340 e. The maximum atomic E-state index is 13.8. The van der Waals surface area contributed by atoms with Crippen molar-refractivity contribution in [2.75, 3.05) is 25.5 Å². The highest BCUT2D eigenvalue weighted by Gasteiger charge is 2.36. The summed E-state index contributed by atoms with van der Waals surface area (Å²) in [5, 5.41) is 2.73. The predicted octanol–water partition coefficient (Wildman–Crippen LogP) is 2.43. The first-order chi connectivity index (χ1) is 13.5. The van der Waals surface area contributed by atoms with E-state index in [-0.39, 0.29) is 29.0 Å². The molecule has 1 aromatic heterocycles. The molecular formula is C20H20FN3O4. The van der Waals surface area contributed by atoms with Gasteiger partial charge in [-0.2, -0.15) is 0 Å². The van der Waals surface area contributed by atoms with Gasteiger partial charge in [-0.1, -0.05) is 6.07 Å². The number of methoxy groups -OCH3 is 1. The van der Waals surface area contributed by atoms with E-state index in [0.717, 1.165) is 18.2 Å². The molecule has 2 aromatic rings. The highest BCUT2D eigenvalue weighted by molar-refractivity contribution is 5.94. The van der Waals surface area contributed by atoms with Gasteiger partial charge >= 0.3 is 12.0 Å². The Kier molecular flexibility index (Phi) is 4.62. The number of piperidine rings is 1. The largest absolute Gasteiger partial charge is 0.465 e. The van der Waals surface area contributed by atoms with Crippen LogP contribution < -0.4 is 10.9 Å². The van der Waals surface area contributed by atoms with Crippen LogP contribution in [0.5, 0.6) is 0 Å². The van der Waals surface area contributed by atoms with Crippen molar-refractivity contribution in [2.45, 2.75) is 18.9 Å². The third-order valence-corrected chi connectivity index (χ3v) is 5.39. The van der Waals surface area contributed by atoms with Crippen molar-refractivity contribution in [3.63, 3.8) is 0 Å². The SMILES string of the molecule is COC(=O)c1cc(NC(=O)N2C[C@@H]3C[C@@H](C2)c2cccc(=O)n2C3)ccc1F. The van der Waals surface area contributed by atoms with E-state index >= 15 is 0 Å². The summed E-state index contributed by atoms with van der Waals surface area (Å²) in [4.78, 5) is 38.2. The lowest BCUT2D eigenvalue weighted by atomic mass is 9.83. The lowest BCUT2D eigenvalue weighted by molar-refractivity contribution is 0.0595. The van der Waals surface area contributed by atoms with Gasteiger partial charge in [0.2, 0.25) is 0 Å². The van der Waals surface area contributed by atoms with Crippen molar-refractivity contribution in [3.05, 3.63) is 63.8 Å². The smallest absolute Gasteiger partial charge is 0.340 e. The number of pyridine rings is 1. The Bertz CT molecular complexity index is 1000. The molecule has 8 heteroatoms.